The van der Waals surface area contributed by atoms with Gasteiger partial charge in [-0.1, -0.05) is 11.6 Å². The summed E-state index contributed by atoms with van der Waals surface area (Å²) >= 11 is 7.36. The van der Waals surface area contributed by atoms with Crippen molar-refractivity contribution in [2.24, 2.45) is 0 Å². The average Bonchev–Trinajstić information content (AvgIpc) is 3.03. The maximum absolute atomic E-state index is 12.3. The fraction of sp³-hybridized carbons (Fsp3) is 0.333. The highest BCUT2D eigenvalue weighted by Crippen LogP contribution is 2.22. The second kappa shape index (κ2) is 9.44. The number of amides is 2. The highest BCUT2D eigenvalue weighted by atomic mass is 35.5. The van der Waals surface area contributed by atoms with Crippen molar-refractivity contribution in [3.05, 3.63) is 51.2 Å². The van der Waals surface area contributed by atoms with Gasteiger partial charge in [-0.15, -0.1) is 11.3 Å². The smallest absolute Gasteiger partial charge is 0.251 e. The molecule has 134 valence electrons. The van der Waals surface area contributed by atoms with E-state index in [1.54, 1.807) is 29.2 Å². The number of likely N-dealkylation sites (N-methyl/N-ethyl adjacent to an activating group) is 1. The molecule has 0 bridgehead atoms. The maximum Gasteiger partial charge on any atom is 0.251 e. The molecule has 1 aromatic heterocycles. The molecule has 2 rings (SSSR count). The Bertz CT molecular complexity index is 715. The van der Waals surface area contributed by atoms with Crippen LogP contribution in [0.2, 0.25) is 4.34 Å². The molecule has 0 radical (unpaired) electrons. The number of thiophene rings is 1. The van der Waals surface area contributed by atoms with Gasteiger partial charge in [0.25, 0.3) is 5.91 Å². The molecule has 0 spiro atoms. The summed E-state index contributed by atoms with van der Waals surface area (Å²) in [5.41, 5.74) is 0.490. The van der Waals surface area contributed by atoms with E-state index in [1.807, 2.05) is 26.0 Å². The quantitative estimate of drug-likeness (QED) is 0.761. The standard InChI is InChI=1S/C18H21ClN2O3S/c1-3-21(12-15-9-10-16(19)25-15)17(22)11-20-18(23)13-5-7-14(8-6-13)24-4-2/h5-10H,3-4,11-12H2,1-2H3,(H,20,23). The first kappa shape index (κ1) is 19.3. The van der Waals surface area contributed by atoms with E-state index >= 15 is 0 Å². The Hall–Kier alpha value is -2.05. The third-order valence-electron chi connectivity index (χ3n) is 3.54. The highest BCUT2D eigenvalue weighted by molar-refractivity contribution is 7.16. The molecule has 0 aliphatic carbocycles. The predicted octanol–water partition coefficient (Wildman–Crippen LogP) is 3.58. The highest BCUT2D eigenvalue weighted by Gasteiger charge is 2.15. The molecule has 0 saturated heterocycles. The van der Waals surface area contributed by atoms with Crippen molar-refractivity contribution < 1.29 is 14.3 Å². The number of hydrogen-bond acceptors (Lipinski definition) is 4. The van der Waals surface area contributed by atoms with Crippen molar-refractivity contribution in [1.82, 2.24) is 10.2 Å². The van der Waals surface area contributed by atoms with Gasteiger partial charge in [0.2, 0.25) is 5.91 Å². The summed E-state index contributed by atoms with van der Waals surface area (Å²) in [7, 11) is 0. The van der Waals surface area contributed by atoms with Crippen molar-refractivity contribution in [1.29, 1.82) is 0 Å². The summed E-state index contributed by atoms with van der Waals surface area (Å²) in [5, 5.41) is 2.66. The summed E-state index contributed by atoms with van der Waals surface area (Å²) in [5.74, 6) is 0.292. The molecule has 0 unspecified atom stereocenters. The van der Waals surface area contributed by atoms with E-state index in [2.05, 4.69) is 5.32 Å². The lowest BCUT2D eigenvalue weighted by Gasteiger charge is -2.20. The van der Waals surface area contributed by atoms with Crippen LogP contribution in [0.5, 0.6) is 5.75 Å². The molecule has 1 aromatic carbocycles. The largest absolute Gasteiger partial charge is 0.494 e. The molecule has 5 nitrogen and oxygen atoms in total. The molecule has 1 N–H and O–H groups in total. The van der Waals surface area contributed by atoms with Gasteiger partial charge < -0.3 is 15.0 Å². The van der Waals surface area contributed by atoms with Crippen molar-refractivity contribution in [2.45, 2.75) is 20.4 Å². The molecule has 25 heavy (non-hydrogen) atoms. The van der Waals surface area contributed by atoms with Crippen LogP contribution in [0.3, 0.4) is 0 Å². The minimum Gasteiger partial charge on any atom is -0.494 e. The normalized spacial score (nSPS) is 10.4. The number of benzene rings is 1. The fourth-order valence-electron chi connectivity index (χ4n) is 2.24. The molecule has 0 aliphatic rings. The zero-order chi connectivity index (χ0) is 18.2. The van der Waals surface area contributed by atoms with Crippen molar-refractivity contribution in [3.63, 3.8) is 0 Å². The van der Waals surface area contributed by atoms with Gasteiger partial charge in [0.15, 0.2) is 0 Å². The minimum absolute atomic E-state index is 0.0427. The summed E-state index contributed by atoms with van der Waals surface area (Å²) in [6.07, 6.45) is 0. The van der Waals surface area contributed by atoms with Crippen LogP contribution in [-0.4, -0.2) is 36.4 Å². The van der Waals surface area contributed by atoms with Crippen LogP contribution in [0, 0.1) is 0 Å². The number of nitrogens with one attached hydrogen (secondary N) is 1. The monoisotopic (exact) mass is 380 g/mol. The van der Waals surface area contributed by atoms with Crippen molar-refractivity contribution in [2.75, 3.05) is 19.7 Å². The molecule has 2 aromatic rings. The number of carbonyl (C=O) groups is 2. The third-order valence-corrected chi connectivity index (χ3v) is 4.75. The molecule has 0 saturated carbocycles. The van der Waals surface area contributed by atoms with Crippen LogP contribution >= 0.6 is 22.9 Å². The summed E-state index contributed by atoms with van der Waals surface area (Å²) in [6, 6.07) is 10.5. The average molecular weight is 381 g/mol. The number of halogens is 1. The van der Waals surface area contributed by atoms with Crippen LogP contribution in [0.1, 0.15) is 29.1 Å². The number of nitrogens with zero attached hydrogens (tertiary/aromatic N) is 1. The Labute approximate surface area is 156 Å². The SMILES string of the molecule is CCOc1ccc(C(=O)NCC(=O)N(CC)Cc2ccc(Cl)s2)cc1. The third kappa shape index (κ3) is 5.76. The van der Waals surface area contributed by atoms with E-state index in [0.717, 1.165) is 4.88 Å². The van der Waals surface area contributed by atoms with E-state index in [4.69, 9.17) is 16.3 Å². The Balaban J connectivity index is 1.87. The van der Waals surface area contributed by atoms with Crippen LogP contribution in [-0.2, 0) is 11.3 Å². The van der Waals surface area contributed by atoms with Crippen molar-refractivity contribution in [3.8, 4) is 5.75 Å². The van der Waals surface area contributed by atoms with E-state index in [9.17, 15) is 9.59 Å². The summed E-state index contributed by atoms with van der Waals surface area (Å²) in [6.45, 7) is 5.39. The van der Waals surface area contributed by atoms with E-state index in [0.29, 0.717) is 35.3 Å². The summed E-state index contributed by atoms with van der Waals surface area (Å²) in [4.78, 5) is 27.2. The maximum atomic E-state index is 12.3. The minimum atomic E-state index is -0.286. The van der Waals surface area contributed by atoms with E-state index in [1.165, 1.54) is 11.3 Å². The van der Waals surface area contributed by atoms with Crippen molar-refractivity contribution >= 4 is 34.8 Å². The molecule has 1 heterocycles. The first-order valence-electron chi connectivity index (χ1n) is 8.06. The van der Waals surface area contributed by atoms with Gasteiger partial charge in [-0.3, -0.25) is 9.59 Å². The van der Waals surface area contributed by atoms with Gasteiger partial charge in [0.1, 0.15) is 5.75 Å². The number of rotatable bonds is 8. The first-order chi connectivity index (χ1) is 12.0. The van der Waals surface area contributed by atoms with Gasteiger partial charge in [0, 0.05) is 17.0 Å². The van der Waals surface area contributed by atoms with Crippen LogP contribution in [0.4, 0.5) is 0 Å². The Morgan fingerprint density at radius 1 is 1.16 bits per heavy atom. The summed E-state index contributed by atoms with van der Waals surface area (Å²) < 4.78 is 6.04. The van der Waals surface area contributed by atoms with Gasteiger partial charge in [-0.05, 0) is 50.2 Å². The lowest BCUT2D eigenvalue weighted by Crippen LogP contribution is -2.39. The second-order valence-electron chi connectivity index (χ2n) is 5.25. The second-order valence-corrected chi connectivity index (χ2v) is 7.05. The fourth-order valence-corrected chi connectivity index (χ4v) is 3.34. The Morgan fingerprint density at radius 2 is 1.88 bits per heavy atom. The van der Waals surface area contributed by atoms with Crippen LogP contribution < -0.4 is 10.1 Å². The molecular formula is C18H21ClN2O3S. The van der Waals surface area contributed by atoms with Gasteiger partial charge in [-0.2, -0.15) is 0 Å². The Morgan fingerprint density at radius 3 is 2.44 bits per heavy atom. The number of ether oxygens (including phenoxy) is 1. The predicted molar refractivity (Wildman–Crippen MR) is 100 cm³/mol. The molecule has 2 amide bonds. The Kier molecular flexibility index (Phi) is 7.28. The van der Waals surface area contributed by atoms with Crippen LogP contribution in [0.25, 0.3) is 0 Å². The van der Waals surface area contributed by atoms with Gasteiger partial charge in [0.05, 0.1) is 24.0 Å². The zero-order valence-corrected chi connectivity index (χ0v) is 15.8. The molecular weight excluding hydrogens is 360 g/mol. The molecule has 7 heteroatoms. The zero-order valence-electron chi connectivity index (χ0n) is 14.3. The topological polar surface area (TPSA) is 58.6 Å². The van der Waals surface area contributed by atoms with Crippen LogP contribution in [0.15, 0.2) is 36.4 Å². The molecule has 0 fully saturated rings. The molecule has 0 atom stereocenters. The van der Waals surface area contributed by atoms with Gasteiger partial charge in [-0.25, -0.2) is 0 Å². The van der Waals surface area contributed by atoms with Gasteiger partial charge >= 0.3 is 0 Å². The first-order valence-corrected chi connectivity index (χ1v) is 9.26. The number of carbonyl (C=O) groups excluding carboxylic acids is 2. The number of hydrogen-bond donors (Lipinski definition) is 1. The van der Waals surface area contributed by atoms with E-state index < -0.39 is 0 Å². The molecule has 0 aliphatic heterocycles. The van der Waals surface area contributed by atoms with E-state index in [-0.39, 0.29) is 18.4 Å². The lowest BCUT2D eigenvalue weighted by atomic mass is 10.2. The lowest BCUT2D eigenvalue weighted by molar-refractivity contribution is -0.130.